The Balaban J connectivity index is 1.72. The molecular weight excluding hydrogens is 482 g/mol. The fourth-order valence-corrected chi connectivity index (χ4v) is 4.71. The first kappa shape index (κ1) is 25.7. The maximum atomic E-state index is 14.3. The fraction of sp³-hybridized carbons (Fsp3) is 0.276. The molecule has 0 aliphatic heterocycles. The number of halogens is 3. The van der Waals surface area contributed by atoms with Gasteiger partial charge < -0.3 is 9.47 Å². The highest BCUT2D eigenvalue weighted by molar-refractivity contribution is 6.31. The lowest BCUT2D eigenvalue weighted by molar-refractivity contribution is 0.353. The van der Waals surface area contributed by atoms with Crippen molar-refractivity contribution in [2.75, 3.05) is 14.2 Å². The molecule has 36 heavy (non-hydrogen) atoms. The van der Waals surface area contributed by atoms with Crippen LogP contribution in [-0.4, -0.2) is 23.8 Å². The SMILES string of the molecule is COc1ccc(C(C)(C)c2cnc(CCCc3c(F)cccc3Cl)n2-c2ccc(F)cc2)cc1OC. The second-order valence-corrected chi connectivity index (χ2v) is 9.53. The lowest BCUT2D eigenvalue weighted by atomic mass is 9.81. The number of nitrogens with zero attached hydrogens (tertiary/aromatic N) is 2. The molecule has 1 aromatic heterocycles. The van der Waals surface area contributed by atoms with Crippen molar-refractivity contribution in [3.63, 3.8) is 0 Å². The van der Waals surface area contributed by atoms with Crippen LogP contribution in [0.4, 0.5) is 8.78 Å². The highest BCUT2D eigenvalue weighted by atomic mass is 35.5. The summed E-state index contributed by atoms with van der Waals surface area (Å²) < 4.78 is 41.0. The van der Waals surface area contributed by atoms with Crippen molar-refractivity contribution >= 4 is 11.6 Å². The Bertz CT molecular complexity index is 1330. The topological polar surface area (TPSA) is 36.3 Å². The van der Waals surface area contributed by atoms with Crippen molar-refractivity contribution in [2.24, 2.45) is 0 Å². The van der Waals surface area contributed by atoms with Crippen molar-refractivity contribution in [1.82, 2.24) is 9.55 Å². The fourth-order valence-electron chi connectivity index (χ4n) is 4.45. The molecule has 188 valence electrons. The van der Waals surface area contributed by atoms with E-state index in [4.69, 9.17) is 26.1 Å². The van der Waals surface area contributed by atoms with Gasteiger partial charge in [0.15, 0.2) is 11.5 Å². The number of hydrogen-bond donors (Lipinski definition) is 0. The minimum atomic E-state index is -0.478. The molecule has 4 rings (SSSR count). The Morgan fingerprint density at radius 3 is 2.31 bits per heavy atom. The van der Waals surface area contributed by atoms with Crippen LogP contribution in [0.15, 0.2) is 66.9 Å². The van der Waals surface area contributed by atoms with Crippen LogP contribution in [-0.2, 0) is 18.3 Å². The highest BCUT2D eigenvalue weighted by Gasteiger charge is 2.30. The molecule has 4 aromatic rings. The Morgan fingerprint density at radius 2 is 1.64 bits per heavy atom. The molecule has 0 saturated heterocycles. The zero-order valence-electron chi connectivity index (χ0n) is 20.8. The zero-order valence-corrected chi connectivity index (χ0v) is 21.6. The minimum absolute atomic E-state index is 0.306. The third-order valence-corrected chi connectivity index (χ3v) is 6.91. The van der Waals surface area contributed by atoms with Crippen LogP contribution in [0.5, 0.6) is 11.5 Å². The second kappa shape index (κ2) is 10.7. The quantitative estimate of drug-likeness (QED) is 0.236. The Kier molecular flexibility index (Phi) is 7.65. The predicted octanol–water partition coefficient (Wildman–Crippen LogP) is 7.32. The van der Waals surface area contributed by atoms with E-state index in [1.165, 1.54) is 18.2 Å². The molecule has 0 saturated carbocycles. The summed E-state index contributed by atoms with van der Waals surface area (Å²) >= 11 is 6.22. The number of ether oxygens (including phenoxy) is 2. The number of aromatic nitrogens is 2. The number of benzene rings is 3. The molecule has 7 heteroatoms. The smallest absolute Gasteiger partial charge is 0.161 e. The van der Waals surface area contributed by atoms with Gasteiger partial charge in [0, 0.05) is 34.3 Å². The van der Waals surface area contributed by atoms with E-state index in [0.717, 1.165) is 22.8 Å². The second-order valence-electron chi connectivity index (χ2n) is 9.12. The summed E-state index contributed by atoms with van der Waals surface area (Å²) in [6.45, 7) is 4.21. The molecule has 0 aliphatic carbocycles. The summed E-state index contributed by atoms with van der Waals surface area (Å²) in [4.78, 5) is 4.75. The van der Waals surface area contributed by atoms with Crippen LogP contribution < -0.4 is 9.47 Å². The molecule has 1 heterocycles. The molecule has 0 N–H and O–H groups in total. The van der Waals surface area contributed by atoms with Crippen LogP contribution in [0.3, 0.4) is 0 Å². The predicted molar refractivity (Wildman–Crippen MR) is 139 cm³/mol. The van der Waals surface area contributed by atoms with Crippen molar-refractivity contribution in [3.05, 3.63) is 106 Å². The largest absolute Gasteiger partial charge is 0.493 e. The van der Waals surface area contributed by atoms with Crippen molar-refractivity contribution in [2.45, 2.75) is 38.5 Å². The Labute approximate surface area is 215 Å². The number of methoxy groups -OCH3 is 2. The van der Waals surface area contributed by atoms with E-state index >= 15 is 0 Å². The molecule has 0 aliphatic rings. The van der Waals surface area contributed by atoms with Gasteiger partial charge in [0.2, 0.25) is 0 Å². The maximum Gasteiger partial charge on any atom is 0.161 e. The van der Waals surface area contributed by atoms with Gasteiger partial charge in [-0.05, 0) is 66.9 Å². The van der Waals surface area contributed by atoms with Gasteiger partial charge in [0.25, 0.3) is 0 Å². The van der Waals surface area contributed by atoms with Gasteiger partial charge in [-0.25, -0.2) is 13.8 Å². The van der Waals surface area contributed by atoms with Crippen LogP contribution in [0, 0.1) is 11.6 Å². The third-order valence-electron chi connectivity index (χ3n) is 6.55. The molecule has 0 amide bonds. The molecule has 0 fully saturated rings. The van der Waals surface area contributed by atoms with Crippen LogP contribution in [0.2, 0.25) is 5.02 Å². The summed E-state index contributed by atoms with van der Waals surface area (Å²) in [6, 6.07) is 16.9. The Hall–Kier alpha value is -3.38. The average molecular weight is 511 g/mol. The summed E-state index contributed by atoms with van der Waals surface area (Å²) in [7, 11) is 3.21. The standard InChI is InChI=1S/C29H29ClF2N2O2/c1-29(2,19-11-16-25(35-3)26(17-19)36-4)27-18-33-28(34(27)21-14-12-20(31)13-15-21)10-5-7-22-23(30)8-6-9-24(22)32/h6,8-9,11-18H,5,7,10H2,1-4H3. The lowest BCUT2D eigenvalue weighted by Gasteiger charge is -2.28. The van der Waals surface area contributed by atoms with Gasteiger partial charge in [-0.3, -0.25) is 4.57 Å². The first-order valence-corrected chi connectivity index (χ1v) is 12.1. The van der Waals surface area contributed by atoms with Crippen LogP contribution in [0.1, 0.15) is 42.9 Å². The van der Waals surface area contributed by atoms with Crippen LogP contribution in [0.25, 0.3) is 5.69 Å². The lowest BCUT2D eigenvalue weighted by Crippen LogP contribution is -2.23. The minimum Gasteiger partial charge on any atom is -0.493 e. The van der Waals surface area contributed by atoms with E-state index in [0.29, 0.717) is 41.3 Å². The van der Waals surface area contributed by atoms with Gasteiger partial charge >= 0.3 is 0 Å². The maximum absolute atomic E-state index is 14.3. The molecule has 0 unspecified atom stereocenters. The summed E-state index contributed by atoms with van der Waals surface area (Å²) in [5, 5.41) is 0.423. The molecule has 4 nitrogen and oxygen atoms in total. The van der Waals surface area contributed by atoms with E-state index in [1.54, 1.807) is 38.5 Å². The number of rotatable bonds is 9. The molecule has 0 spiro atoms. The molecular formula is C29H29ClF2N2O2. The number of aryl methyl sites for hydroxylation is 1. The first-order valence-electron chi connectivity index (χ1n) is 11.7. The van der Waals surface area contributed by atoms with Gasteiger partial charge in [0.05, 0.1) is 19.9 Å². The van der Waals surface area contributed by atoms with Gasteiger partial charge in [-0.1, -0.05) is 37.6 Å². The molecule has 0 radical (unpaired) electrons. The van der Waals surface area contributed by atoms with Crippen molar-refractivity contribution < 1.29 is 18.3 Å². The third kappa shape index (κ3) is 5.09. The van der Waals surface area contributed by atoms with E-state index < -0.39 is 5.41 Å². The summed E-state index contributed by atoms with van der Waals surface area (Å²) in [6.07, 6.45) is 3.57. The average Bonchev–Trinajstić information content (AvgIpc) is 3.30. The Morgan fingerprint density at radius 1 is 0.917 bits per heavy atom. The number of imidazole rings is 1. The van der Waals surface area contributed by atoms with Gasteiger partial charge in [-0.15, -0.1) is 0 Å². The van der Waals surface area contributed by atoms with E-state index in [-0.39, 0.29) is 11.6 Å². The van der Waals surface area contributed by atoms with Crippen LogP contribution >= 0.6 is 11.6 Å². The molecule has 0 atom stereocenters. The van der Waals surface area contributed by atoms with E-state index in [2.05, 4.69) is 18.4 Å². The van der Waals surface area contributed by atoms with E-state index in [1.807, 2.05) is 24.4 Å². The van der Waals surface area contributed by atoms with E-state index in [9.17, 15) is 8.78 Å². The first-order chi connectivity index (χ1) is 17.3. The monoisotopic (exact) mass is 510 g/mol. The molecule has 0 bridgehead atoms. The van der Waals surface area contributed by atoms with Gasteiger partial charge in [-0.2, -0.15) is 0 Å². The normalized spacial score (nSPS) is 11.5. The van der Waals surface area contributed by atoms with Crippen molar-refractivity contribution in [1.29, 1.82) is 0 Å². The number of hydrogen-bond acceptors (Lipinski definition) is 3. The summed E-state index contributed by atoms with van der Waals surface area (Å²) in [5.74, 6) is 1.47. The van der Waals surface area contributed by atoms with Gasteiger partial charge in [0.1, 0.15) is 17.5 Å². The molecule has 3 aromatic carbocycles. The highest BCUT2D eigenvalue weighted by Crippen LogP contribution is 2.38. The summed E-state index contributed by atoms with van der Waals surface area (Å²) in [5.41, 5.74) is 2.77. The zero-order chi connectivity index (χ0) is 25.9. The van der Waals surface area contributed by atoms with Crippen molar-refractivity contribution in [3.8, 4) is 17.2 Å².